The van der Waals surface area contributed by atoms with Gasteiger partial charge >= 0.3 is 0 Å². The highest BCUT2D eigenvalue weighted by molar-refractivity contribution is 5.98. The second-order valence-electron chi connectivity index (χ2n) is 10.4. The molecule has 0 atom stereocenters. The van der Waals surface area contributed by atoms with Gasteiger partial charge in [0.1, 0.15) is 29.3 Å². The van der Waals surface area contributed by atoms with Crippen LogP contribution in [-0.4, -0.2) is 43.6 Å². The molecule has 2 aliphatic rings. The smallest absolute Gasteiger partial charge is 0.219 e. The maximum atomic E-state index is 11.8. The van der Waals surface area contributed by atoms with Crippen molar-refractivity contribution >= 4 is 22.8 Å². The van der Waals surface area contributed by atoms with Gasteiger partial charge in [-0.05, 0) is 80.3 Å². The van der Waals surface area contributed by atoms with E-state index >= 15 is 0 Å². The van der Waals surface area contributed by atoms with E-state index in [1.807, 2.05) is 59.5 Å². The standard InChI is InChI=1S/C29H32N6O2/c1-20(36)34-17-15-29(16-18-34)13-11-22(12-14-29)35-28-25(27(30)31-19-32-28)26(33-35)21-7-9-24(10-8-21)37-23-5-3-2-4-6-23/h2-10,19,22H,11-18H2,1H3,(H2,30,31,32). The van der Waals surface area contributed by atoms with Crippen LogP contribution in [0, 0.1) is 5.41 Å². The van der Waals surface area contributed by atoms with E-state index in [4.69, 9.17) is 15.6 Å². The van der Waals surface area contributed by atoms with Gasteiger partial charge in [-0.1, -0.05) is 18.2 Å². The van der Waals surface area contributed by atoms with Crippen LogP contribution in [0.3, 0.4) is 0 Å². The molecule has 190 valence electrons. The Labute approximate surface area is 216 Å². The van der Waals surface area contributed by atoms with Gasteiger partial charge in [0.2, 0.25) is 5.91 Å². The summed E-state index contributed by atoms with van der Waals surface area (Å²) in [4.78, 5) is 22.6. The molecule has 2 N–H and O–H groups in total. The Kier molecular flexibility index (Phi) is 6.02. The van der Waals surface area contributed by atoms with Crippen molar-refractivity contribution < 1.29 is 9.53 Å². The number of nitrogens with two attached hydrogens (primary N) is 1. The third kappa shape index (κ3) is 4.52. The second kappa shape index (κ2) is 9.50. The fourth-order valence-corrected chi connectivity index (χ4v) is 6.01. The molecular weight excluding hydrogens is 464 g/mol. The Morgan fingerprint density at radius 2 is 1.62 bits per heavy atom. The number of para-hydroxylation sites is 1. The number of hydrogen-bond donors (Lipinski definition) is 1. The molecule has 8 heteroatoms. The van der Waals surface area contributed by atoms with Gasteiger partial charge in [-0.2, -0.15) is 5.10 Å². The van der Waals surface area contributed by atoms with Gasteiger partial charge in [-0.3, -0.25) is 4.79 Å². The zero-order valence-corrected chi connectivity index (χ0v) is 21.1. The number of hydrogen-bond acceptors (Lipinski definition) is 6. The SMILES string of the molecule is CC(=O)N1CCC2(CCC(n3nc(-c4ccc(Oc5ccccc5)cc4)c4c(N)ncnc43)CC2)CC1. The van der Waals surface area contributed by atoms with Crippen LogP contribution in [0.25, 0.3) is 22.3 Å². The Morgan fingerprint density at radius 3 is 2.30 bits per heavy atom. The minimum absolute atomic E-state index is 0.191. The molecule has 4 aromatic rings. The molecule has 6 rings (SSSR count). The summed E-state index contributed by atoms with van der Waals surface area (Å²) in [6, 6.07) is 17.9. The van der Waals surface area contributed by atoms with Crippen LogP contribution < -0.4 is 10.5 Å². The molecule has 0 radical (unpaired) electrons. The first-order valence-electron chi connectivity index (χ1n) is 13.1. The van der Waals surface area contributed by atoms with Crippen LogP contribution >= 0.6 is 0 Å². The normalized spacial score (nSPS) is 17.8. The number of likely N-dealkylation sites (tertiary alicyclic amines) is 1. The van der Waals surface area contributed by atoms with E-state index in [9.17, 15) is 4.79 Å². The third-order valence-corrected chi connectivity index (χ3v) is 8.26. The minimum atomic E-state index is 0.191. The Balaban J connectivity index is 1.24. The molecule has 0 unspecified atom stereocenters. The molecule has 1 amide bonds. The summed E-state index contributed by atoms with van der Waals surface area (Å²) in [6.45, 7) is 3.43. The highest BCUT2D eigenvalue weighted by Crippen LogP contribution is 2.48. The average Bonchev–Trinajstić information content (AvgIpc) is 3.31. The van der Waals surface area contributed by atoms with Gasteiger partial charge in [0, 0.05) is 25.6 Å². The number of aromatic nitrogens is 4. The van der Waals surface area contributed by atoms with E-state index in [1.165, 1.54) is 6.33 Å². The fraction of sp³-hybridized carbons (Fsp3) is 0.379. The first-order valence-corrected chi connectivity index (χ1v) is 13.1. The number of benzene rings is 2. The topological polar surface area (TPSA) is 99.2 Å². The lowest BCUT2D eigenvalue weighted by Gasteiger charge is -2.45. The largest absolute Gasteiger partial charge is 0.457 e. The molecule has 2 aromatic heterocycles. The Hall–Kier alpha value is -3.94. The monoisotopic (exact) mass is 496 g/mol. The molecule has 8 nitrogen and oxygen atoms in total. The van der Waals surface area contributed by atoms with Crippen molar-refractivity contribution in [3.8, 4) is 22.8 Å². The van der Waals surface area contributed by atoms with Gasteiger partial charge in [0.05, 0.1) is 11.4 Å². The van der Waals surface area contributed by atoms with Crippen LogP contribution in [0.15, 0.2) is 60.9 Å². The minimum Gasteiger partial charge on any atom is -0.457 e. The summed E-state index contributed by atoms with van der Waals surface area (Å²) in [5.74, 6) is 2.19. The molecule has 37 heavy (non-hydrogen) atoms. The van der Waals surface area contributed by atoms with E-state index in [1.54, 1.807) is 6.92 Å². The lowest BCUT2D eigenvalue weighted by molar-refractivity contribution is -0.131. The van der Waals surface area contributed by atoms with Gasteiger partial charge in [0.15, 0.2) is 5.65 Å². The molecule has 3 heterocycles. The van der Waals surface area contributed by atoms with Crippen molar-refractivity contribution in [1.82, 2.24) is 24.6 Å². The molecule has 1 spiro atoms. The van der Waals surface area contributed by atoms with Crippen LogP contribution in [-0.2, 0) is 4.79 Å². The number of carbonyl (C=O) groups excluding carboxylic acids is 1. The first kappa shape index (κ1) is 23.5. The third-order valence-electron chi connectivity index (χ3n) is 8.26. The fourth-order valence-electron chi connectivity index (χ4n) is 6.01. The van der Waals surface area contributed by atoms with Gasteiger partial charge < -0.3 is 15.4 Å². The molecule has 2 aromatic carbocycles. The van der Waals surface area contributed by atoms with Crippen LogP contribution in [0.5, 0.6) is 11.5 Å². The van der Waals surface area contributed by atoms with Crippen molar-refractivity contribution in [2.24, 2.45) is 5.41 Å². The summed E-state index contributed by atoms with van der Waals surface area (Å²) >= 11 is 0. The van der Waals surface area contributed by atoms with E-state index in [-0.39, 0.29) is 11.9 Å². The molecule has 1 aliphatic carbocycles. The number of amides is 1. The number of nitrogen functional groups attached to an aromatic ring is 1. The second-order valence-corrected chi connectivity index (χ2v) is 10.4. The summed E-state index contributed by atoms with van der Waals surface area (Å²) < 4.78 is 8.04. The number of anilines is 1. The van der Waals surface area contributed by atoms with Crippen molar-refractivity contribution in [2.75, 3.05) is 18.8 Å². The summed E-state index contributed by atoms with van der Waals surface area (Å²) in [5, 5.41) is 5.87. The van der Waals surface area contributed by atoms with Crippen molar-refractivity contribution in [2.45, 2.75) is 51.5 Å². The number of nitrogens with zero attached hydrogens (tertiary/aromatic N) is 5. The van der Waals surface area contributed by atoms with E-state index in [0.29, 0.717) is 11.2 Å². The molecule has 1 aliphatic heterocycles. The Bertz CT molecular complexity index is 1400. The molecule has 0 bridgehead atoms. The maximum Gasteiger partial charge on any atom is 0.219 e. The summed E-state index contributed by atoms with van der Waals surface area (Å²) in [7, 11) is 0. The number of rotatable bonds is 4. The molecular formula is C29H32N6O2. The van der Waals surface area contributed by atoms with Crippen molar-refractivity contribution in [1.29, 1.82) is 0 Å². The lowest BCUT2D eigenvalue weighted by Crippen LogP contribution is -2.43. The highest BCUT2D eigenvalue weighted by Gasteiger charge is 2.39. The van der Waals surface area contributed by atoms with Gasteiger partial charge in [-0.15, -0.1) is 0 Å². The first-order chi connectivity index (χ1) is 18.0. The molecule has 1 saturated carbocycles. The predicted octanol–water partition coefficient (Wildman–Crippen LogP) is 5.61. The molecule has 2 fully saturated rings. The summed E-state index contributed by atoms with van der Waals surface area (Å²) in [5.41, 5.74) is 9.25. The quantitative estimate of drug-likeness (QED) is 0.394. The number of ether oxygens (including phenoxy) is 1. The van der Waals surface area contributed by atoms with Crippen LogP contribution in [0.1, 0.15) is 51.5 Å². The number of fused-ring (bicyclic) bond motifs is 1. The van der Waals surface area contributed by atoms with Crippen LogP contribution in [0.4, 0.5) is 5.82 Å². The Morgan fingerprint density at radius 1 is 0.946 bits per heavy atom. The number of carbonyl (C=O) groups is 1. The van der Waals surface area contributed by atoms with Gasteiger partial charge in [0.25, 0.3) is 0 Å². The predicted molar refractivity (Wildman–Crippen MR) is 143 cm³/mol. The number of piperidine rings is 1. The lowest BCUT2D eigenvalue weighted by atomic mass is 9.67. The van der Waals surface area contributed by atoms with E-state index in [2.05, 4.69) is 14.6 Å². The van der Waals surface area contributed by atoms with Crippen LogP contribution in [0.2, 0.25) is 0 Å². The highest BCUT2D eigenvalue weighted by atomic mass is 16.5. The van der Waals surface area contributed by atoms with Gasteiger partial charge in [-0.25, -0.2) is 14.6 Å². The zero-order chi connectivity index (χ0) is 25.4. The van der Waals surface area contributed by atoms with E-state index in [0.717, 1.165) is 85.4 Å². The maximum absolute atomic E-state index is 11.8. The zero-order valence-electron chi connectivity index (χ0n) is 21.1. The van der Waals surface area contributed by atoms with Crippen molar-refractivity contribution in [3.05, 3.63) is 60.9 Å². The molecule has 1 saturated heterocycles. The summed E-state index contributed by atoms with van der Waals surface area (Å²) in [6.07, 6.45) is 8.10. The average molecular weight is 497 g/mol. The van der Waals surface area contributed by atoms with E-state index < -0.39 is 0 Å². The van der Waals surface area contributed by atoms with Crippen molar-refractivity contribution in [3.63, 3.8) is 0 Å².